The van der Waals surface area contributed by atoms with Crippen LogP contribution < -0.4 is 0 Å². The van der Waals surface area contributed by atoms with Crippen LogP contribution in [0.4, 0.5) is 5.69 Å². The largest absolute Gasteiger partial charge is 0.502 e. The zero-order valence-electron chi connectivity index (χ0n) is 14.7. The molecule has 0 saturated heterocycles. The van der Waals surface area contributed by atoms with Crippen LogP contribution in [0.25, 0.3) is 22.6 Å². The number of aromatic nitrogens is 3. The van der Waals surface area contributed by atoms with E-state index in [1.807, 2.05) is 25.1 Å². The first kappa shape index (κ1) is 17.6. The van der Waals surface area contributed by atoms with Crippen molar-refractivity contribution in [1.82, 2.24) is 15.0 Å². The summed E-state index contributed by atoms with van der Waals surface area (Å²) in [6.45, 7) is 4.01. The number of pyridine rings is 1. The molecule has 0 atom stereocenters. The molecule has 2 N–H and O–H groups in total. The molecule has 1 aromatic carbocycles. The Hall–Kier alpha value is -3.22. The molecule has 0 aliphatic heterocycles. The lowest BCUT2D eigenvalue weighted by atomic mass is 10.1. The van der Waals surface area contributed by atoms with E-state index in [0.717, 1.165) is 42.2 Å². The molecule has 3 rings (SSSR count). The summed E-state index contributed by atoms with van der Waals surface area (Å²) in [5.41, 5.74) is 3.13. The van der Waals surface area contributed by atoms with Crippen molar-refractivity contribution >= 4 is 5.69 Å². The Labute approximate surface area is 150 Å². The number of hydrogen-bond acceptors (Lipinski definition) is 5. The molecule has 2 aromatic heterocycles. The molecule has 0 aliphatic rings. The molecule has 3 aromatic rings. The maximum absolute atomic E-state index is 11.2. The van der Waals surface area contributed by atoms with Gasteiger partial charge >= 0.3 is 5.69 Å². The number of unbranched alkanes of at least 4 members (excludes halogenated alkanes) is 1. The quantitative estimate of drug-likeness (QED) is 0.505. The summed E-state index contributed by atoms with van der Waals surface area (Å²) in [5.74, 6) is 0.451. The summed E-state index contributed by atoms with van der Waals surface area (Å²) >= 11 is 0. The number of nitrogens with zero attached hydrogens (tertiary/aromatic N) is 3. The van der Waals surface area contributed by atoms with Crippen LogP contribution in [0.5, 0.6) is 5.75 Å². The van der Waals surface area contributed by atoms with Crippen molar-refractivity contribution in [2.24, 2.45) is 0 Å². The van der Waals surface area contributed by atoms with Crippen molar-refractivity contribution in [3.8, 4) is 28.4 Å². The van der Waals surface area contributed by atoms with Crippen LogP contribution in [-0.2, 0) is 6.42 Å². The lowest BCUT2D eigenvalue weighted by Crippen LogP contribution is -1.92. The predicted octanol–water partition coefficient (Wildman–Crippen LogP) is 4.40. The first-order valence-electron chi connectivity index (χ1n) is 8.50. The van der Waals surface area contributed by atoms with Crippen LogP contribution in [-0.4, -0.2) is 25.0 Å². The maximum Gasteiger partial charge on any atom is 0.311 e. The second kappa shape index (κ2) is 7.35. The summed E-state index contributed by atoms with van der Waals surface area (Å²) in [6, 6.07) is 9.98. The first-order chi connectivity index (χ1) is 12.5. The highest BCUT2D eigenvalue weighted by Gasteiger charge is 2.20. The minimum Gasteiger partial charge on any atom is -0.502 e. The van der Waals surface area contributed by atoms with Crippen molar-refractivity contribution < 1.29 is 10.0 Å². The van der Waals surface area contributed by atoms with Gasteiger partial charge in [0.1, 0.15) is 5.82 Å². The van der Waals surface area contributed by atoms with E-state index in [1.165, 1.54) is 12.1 Å². The molecule has 7 nitrogen and oxygen atoms in total. The molecule has 0 fully saturated rings. The van der Waals surface area contributed by atoms with Gasteiger partial charge in [0.2, 0.25) is 0 Å². The summed E-state index contributed by atoms with van der Waals surface area (Å²) in [7, 11) is 0. The molecule has 7 heteroatoms. The van der Waals surface area contributed by atoms with E-state index in [4.69, 9.17) is 0 Å². The number of nitro groups is 1. The molecule has 0 saturated carbocycles. The number of H-pyrrole nitrogens is 1. The first-order valence-corrected chi connectivity index (χ1v) is 8.50. The van der Waals surface area contributed by atoms with Crippen molar-refractivity contribution in [2.45, 2.75) is 33.1 Å². The van der Waals surface area contributed by atoms with E-state index in [2.05, 4.69) is 21.9 Å². The van der Waals surface area contributed by atoms with E-state index in [1.54, 1.807) is 6.07 Å². The van der Waals surface area contributed by atoms with E-state index in [-0.39, 0.29) is 11.4 Å². The molecule has 0 radical (unpaired) electrons. The molecular weight excluding hydrogens is 332 g/mol. The Kier molecular flexibility index (Phi) is 4.97. The third-order valence-corrected chi connectivity index (χ3v) is 4.11. The fourth-order valence-corrected chi connectivity index (χ4v) is 2.78. The standard InChI is InChI=1S/C19H20N4O3/c1-3-4-8-17-21-18(13-9-10-16(24)15(11-13)23(25)26)19(22-17)14-7-5-6-12(2)20-14/h5-7,9-11,24H,3-4,8H2,1-2H3,(H,21,22). The zero-order valence-corrected chi connectivity index (χ0v) is 14.7. The van der Waals surface area contributed by atoms with Crippen LogP contribution in [0.3, 0.4) is 0 Å². The molecule has 0 unspecified atom stereocenters. The highest BCUT2D eigenvalue weighted by atomic mass is 16.6. The maximum atomic E-state index is 11.2. The fourth-order valence-electron chi connectivity index (χ4n) is 2.78. The summed E-state index contributed by atoms with van der Waals surface area (Å²) in [5, 5.41) is 20.9. The van der Waals surface area contributed by atoms with E-state index >= 15 is 0 Å². The number of phenolic OH excluding ortho intramolecular Hbond substituents is 1. The number of hydrogen-bond donors (Lipinski definition) is 2. The van der Waals surface area contributed by atoms with Crippen molar-refractivity contribution in [3.63, 3.8) is 0 Å². The number of aromatic hydroxyl groups is 1. The Balaban J connectivity index is 2.15. The molecule has 0 bridgehead atoms. The Morgan fingerprint density at radius 3 is 2.73 bits per heavy atom. The average Bonchev–Trinajstić information content (AvgIpc) is 3.04. The number of rotatable bonds is 6. The number of nitro benzene ring substituents is 1. The fraction of sp³-hybridized carbons (Fsp3) is 0.263. The highest BCUT2D eigenvalue weighted by molar-refractivity contribution is 5.78. The molecule has 26 heavy (non-hydrogen) atoms. The van der Waals surface area contributed by atoms with Gasteiger partial charge in [0.05, 0.1) is 22.0 Å². The molecule has 2 heterocycles. The van der Waals surface area contributed by atoms with Gasteiger partial charge in [0.15, 0.2) is 5.75 Å². The monoisotopic (exact) mass is 352 g/mol. The van der Waals surface area contributed by atoms with Crippen molar-refractivity contribution in [1.29, 1.82) is 0 Å². The van der Waals surface area contributed by atoms with Crippen LogP contribution in [0, 0.1) is 17.0 Å². The van der Waals surface area contributed by atoms with Gasteiger partial charge in [-0.1, -0.05) is 19.4 Å². The van der Waals surface area contributed by atoms with Gasteiger partial charge in [-0.05, 0) is 37.6 Å². The van der Waals surface area contributed by atoms with Crippen LogP contribution in [0.1, 0.15) is 31.3 Å². The van der Waals surface area contributed by atoms with Gasteiger partial charge < -0.3 is 10.1 Å². The number of aromatic amines is 1. The van der Waals surface area contributed by atoms with Crippen LogP contribution in [0.2, 0.25) is 0 Å². The SMILES string of the molecule is CCCCc1nc(-c2ccc(O)c([N+](=O)[O-])c2)c(-c2cccc(C)n2)[nH]1. The van der Waals surface area contributed by atoms with Crippen molar-refractivity contribution in [3.05, 3.63) is 58.0 Å². The third-order valence-electron chi connectivity index (χ3n) is 4.11. The lowest BCUT2D eigenvalue weighted by molar-refractivity contribution is -0.385. The molecule has 0 aliphatic carbocycles. The van der Waals surface area contributed by atoms with Gasteiger partial charge in [0, 0.05) is 23.7 Å². The second-order valence-electron chi connectivity index (χ2n) is 6.14. The Morgan fingerprint density at radius 2 is 2.04 bits per heavy atom. The van der Waals surface area contributed by atoms with Crippen molar-refractivity contribution in [2.75, 3.05) is 0 Å². The van der Waals surface area contributed by atoms with Gasteiger partial charge in [-0.25, -0.2) is 4.98 Å². The van der Waals surface area contributed by atoms with E-state index in [0.29, 0.717) is 11.3 Å². The third kappa shape index (κ3) is 3.56. The summed E-state index contributed by atoms with van der Waals surface area (Å²) < 4.78 is 0. The number of phenols is 1. The zero-order chi connectivity index (χ0) is 18.7. The van der Waals surface area contributed by atoms with Crippen LogP contribution in [0.15, 0.2) is 36.4 Å². The molecule has 0 amide bonds. The molecular formula is C19H20N4O3. The Bertz CT molecular complexity index is 950. The number of imidazole rings is 1. The second-order valence-corrected chi connectivity index (χ2v) is 6.14. The predicted molar refractivity (Wildman–Crippen MR) is 98.9 cm³/mol. The number of nitrogens with one attached hydrogen (secondary N) is 1. The molecule has 134 valence electrons. The number of benzene rings is 1. The van der Waals surface area contributed by atoms with E-state index in [9.17, 15) is 15.2 Å². The van der Waals surface area contributed by atoms with Gasteiger partial charge in [0.25, 0.3) is 0 Å². The summed E-state index contributed by atoms with van der Waals surface area (Å²) in [6.07, 6.45) is 2.82. The minimum absolute atomic E-state index is 0.344. The Morgan fingerprint density at radius 1 is 1.23 bits per heavy atom. The van der Waals surface area contributed by atoms with Gasteiger partial charge in [-0.15, -0.1) is 0 Å². The van der Waals surface area contributed by atoms with Gasteiger partial charge in [-0.2, -0.15) is 0 Å². The van der Waals surface area contributed by atoms with E-state index < -0.39 is 4.92 Å². The van der Waals surface area contributed by atoms with Gasteiger partial charge in [-0.3, -0.25) is 15.1 Å². The molecule has 0 spiro atoms. The van der Waals surface area contributed by atoms with Crippen LogP contribution >= 0.6 is 0 Å². The normalized spacial score (nSPS) is 10.8. The highest BCUT2D eigenvalue weighted by Crippen LogP contribution is 2.35. The lowest BCUT2D eigenvalue weighted by Gasteiger charge is -2.04. The smallest absolute Gasteiger partial charge is 0.311 e. The summed E-state index contributed by atoms with van der Waals surface area (Å²) in [4.78, 5) is 23.1. The minimum atomic E-state index is -0.603. The average molecular weight is 352 g/mol. The number of aryl methyl sites for hydroxylation is 2. The topological polar surface area (TPSA) is 105 Å².